The second kappa shape index (κ2) is 6.49. The number of carboxylic acid groups (broad SMARTS) is 1. The molecule has 0 saturated carbocycles. The van der Waals surface area contributed by atoms with E-state index >= 15 is 0 Å². The predicted molar refractivity (Wildman–Crippen MR) is 89.3 cm³/mol. The third kappa shape index (κ3) is 3.08. The number of ketones is 2. The number of rotatable bonds is 3. The molecule has 0 fully saturated rings. The van der Waals surface area contributed by atoms with Gasteiger partial charge in [-0.3, -0.25) is 19.2 Å². The number of esters is 2. The lowest BCUT2D eigenvalue weighted by Crippen LogP contribution is -2.24. The molecule has 8 heteroatoms. The zero-order chi connectivity index (χ0) is 24.9. The summed E-state index contributed by atoms with van der Waals surface area (Å²) in [6.45, 7) is -6.45. The van der Waals surface area contributed by atoms with Gasteiger partial charge in [0.05, 0.1) is 16.7 Å². The Morgan fingerprint density at radius 3 is 2.15 bits per heavy atom. The minimum atomic E-state index is -3.27. The Balaban J connectivity index is 2.23. The summed E-state index contributed by atoms with van der Waals surface area (Å²) in [5, 5.41) is 9.31. The smallest absolute Gasteiger partial charge is 0.335 e. The maximum absolute atomic E-state index is 13.3. The van der Waals surface area contributed by atoms with Crippen LogP contribution in [0.1, 0.15) is 64.1 Å². The van der Waals surface area contributed by atoms with Gasteiger partial charge < -0.3 is 14.6 Å². The van der Waals surface area contributed by atoms with Gasteiger partial charge in [0.25, 0.3) is 0 Å². The number of aromatic carboxylic acids is 1. The molecule has 0 saturated heterocycles. The van der Waals surface area contributed by atoms with Crippen molar-refractivity contribution in [3.8, 4) is 11.5 Å². The first-order valence-corrected chi connectivity index (χ1v) is 7.21. The Bertz CT molecular complexity index is 1240. The van der Waals surface area contributed by atoms with Crippen molar-refractivity contribution in [3.05, 3.63) is 58.1 Å². The summed E-state index contributed by atoms with van der Waals surface area (Å²) >= 11 is 0. The average molecular weight is 374 g/mol. The number of hydrogen-bond acceptors (Lipinski definition) is 7. The first-order valence-electron chi connectivity index (χ1n) is 10.2. The van der Waals surface area contributed by atoms with Gasteiger partial charge in [-0.1, -0.05) is 12.1 Å². The minimum absolute atomic E-state index is 0.334. The SMILES string of the molecule is [2H]C([2H])([2H])C(=O)Oc1cccc2c1C(=O)c1c(OC(=O)C([2H])([2H])[2H])cc(C(=O)O)cc1C2=O. The molecule has 2 aromatic carbocycles. The molecular weight excluding hydrogens is 356 g/mol. The van der Waals surface area contributed by atoms with E-state index in [1.165, 1.54) is 6.07 Å². The van der Waals surface area contributed by atoms with Crippen LogP contribution in [-0.2, 0) is 9.59 Å². The van der Waals surface area contributed by atoms with Gasteiger partial charge in [-0.05, 0) is 18.2 Å². The third-order valence-electron chi connectivity index (χ3n) is 3.72. The fourth-order valence-electron chi connectivity index (χ4n) is 2.74. The Hall–Kier alpha value is -3.81. The normalized spacial score (nSPS) is 16.3. The lowest BCUT2D eigenvalue weighted by Gasteiger charge is -2.21. The Morgan fingerprint density at radius 2 is 1.52 bits per heavy atom. The van der Waals surface area contributed by atoms with Crippen LogP contribution in [0.15, 0.2) is 30.3 Å². The van der Waals surface area contributed by atoms with Crippen molar-refractivity contribution >= 4 is 29.5 Å². The summed E-state index contributed by atoms with van der Waals surface area (Å²) in [5.41, 5.74) is -2.59. The molecular formula is C19H12O8. The van der Waals surface area contributed by atoms with E-state index in [4.69, 9.17) is 17.7 Å². The number of carbonyl (C=O) groups is 5. The van der Waals surface area contributed by atoms with Crippen LogP contribution >= 0.6 is 0 Å². The number of ether oxygens (including phenoxy) is 2. The Kier molecular flexibility index (Phi) is 2.82. The Labute approximate surface area is 160 Å². The largest absolute Gasteiger partial charge is 0.478 e. The molecule has 1 aliphatic carbocycles. The molecule has 3 rings (SSSR count). The second-order valence-corrected chi connectivity index (χ2v) is 5.32. The van der Waals surface area contributed by atoms with Gasteiger partial charge in [-0.15, -0.1) is 0 Å². The topological polar surface area (TPSA) is 124 Å². The molecule has 0 heterocycles. The van der Waals surface area contributed by atoms with E-state index in [2.05, 4.69) is 0 Å². The molecule has 136 valence electrons. The molecule has 0 unspecified atom stereocenters. The van der Waals surface area contributed by atoms with Crippen LogP contribution in [0, 0.1) is 0 Å². The molecule has 0 amide bonds. The van der Waals surface area contributed by atoms with E-state index in [1.54, 1.807) is 0 Å². The molecule has 8 nitrogen and oxygen atoms in total. The van der Waals surface area contributed by atoms with Gasteiger partial charge in [0, 0.05) is 33.1 Å². The van der Waals surface area contributed by atoms with E-state index in [0.717, 1.165) is 18.2 Å². The summed E-state index contributed by atoms with van der Waals surface area (Å²) in [6.07, 6.45) is 0. The van der Waals surface area contributed by atoms with E-state index in [0.29, 0.717) is 6.07 Å². The highest BCUT2D eigenvalue weighted by molar-refractivity contribution is 6.30. The van der Waals surface area contributed by atoms with Crippen molar-refractivity contribution < 1.29 is 46.8 Å². The average Bonchev–Trinajstić information content (AvgIpc) is 2.69. The predicted octanol–water partition coefficient (Wildman–Crippen LogP) is 2.01. The maximum Gasteiger partial charge on any atom is 0.335 e. The fourth-order valence-corrected chi connectivity index (χ4v) is 2.74. The number of carbonyl (C=O) groups excluding carboxylic acids is 4. The van der Waals surface area contributed by atoms with Crippen molar-refractivity contribution in [3.63, 3.8) is 0 Å². The molecule has 1 N–H and O–H groups in total. The van der Waals surface area contributed by atoms with Crippen LogP contribution in [0.3, 0.4) is 0 Å². The second-order valence-electron chi connectivity index (χ2n) is 5.32. The molecule has 0 spiro atoms. The highest BCUT2D eigenvalue weighted by Crippen LogP contribution is 2.38. The van der Waals surface area contributed by atoms with Crippen molar-refractivity contribution in [1.82, 2.24) is 0 Å². The summed E-state index contributed by atoms with van der Waals surface area (Å²) in [6, 6.07) is 4.95. The zero-order valence-electron chi connectivity index (χ0n) is 19.2. The van der Waals surface area contributed by atoms with Gasteiger partial charge in [-0.25, -0.2) is 4.79 Å². The van der Waals surface area contributed by atoms with Crippen molar-refractivity contribution in [2.24, 2.45) is 0 Å². The zero-order valence-corrected chi connectivity index (χ0v) is 13.2. The molecule has 1 aliphatic rings. The summed E-state index contributed by atoms with van der Waals surface area (Å²) in [7, 11) is 0. The van der Waals surface area contributed by atoms with E-state index in [1.807, 2.05) is 0 Å². The van der Waals surface area contributed by atoms with Gasteiger partial charge in [0.15, 0.2) is 5.78 Å². The van der Waals surface area contributed by atoms with Crippen molar-refractivity contribution in [2.45, 2.75) is 13.7 Å². The van der Waals surface area contributed by atoms with E-state index < -0.39 is 76.9 Å². The summed E-state index contributed by atoms with van der Waals surface area (Å²) < 4.78 is 52.2. The lowest BCUT2D eigenvalue weighted by molar-refractivity contribution is -0.132. The number of benzene rings is 2. The highest BCUT2D eigenvalue weighted by atomic mass is 16.5. The van der Waals surface area contributed by atoms with Crippen LogP contribution in [0.5, 0.6) is 11.5 Å². The van der Waals surface area contributed by atoms with Crippen LogP contribution in [-0.4, -0.2) is 34.6 Å². The van der Waals surface area contributed by atoms with Gasteiger partial charge >= 0.3 is 17.9 Å². The number of fused-ring (bicyclic) bond motifs is 2. The molecule has 0 atom stereocenters. The molecule has 0 aliphatic heterocycles. The van der Waals surface area contributed by atoms with Crippen LogP contribution in [0.4, 0.5) is 0 Å². The number of hydrogen-bond donors (Lipinski definition) is 1. The van der Waals surface area contributed by atoms with Gasteiger partial charge in [0.2, 0.25) is 5.78 Å². The van der Waals surface area contributed by atoms with Crippen LogP contribution in [0.25, 0.3) is 0 Å². The monoisotopic (exact) mass is 374 g/mol. The lowest BCUT2D eigenvalue weighted by atomic mass is 9.82. The quantitative estimate of drug-likeness (QED) is 0.545. The molecule has 0 aromatic heterocycles. The highest BCUT2D eigenvalue weighted by Gasteiger charge is 2.36. The first-order chi connectivity index (χ1) is 15.1. The third-order valence-corrected chi connectivity index (χ3v) is 3.72. The summed E-state index contributed by atoms with van der Waals surface area (Å²) in [5.74, 6) is -8.44. The van der Waals surface area contributed by atoms with Gasteiger partial charge in [0.1, 0.15) is 11.5 Å². The maximum atomic E-state index is 13.3. The molecule has 0 bridgehead atoms. The Morgan fingerprint density at radius 1 is 0.889 bits per heavy atom. The molecule has 0 radical (unpaired) electrons. The van der Waals surface area contributed by atoms with Crippen LogP contribution in [0.2, 0.25) is 0 Å². The fraction of sp³-hybridized carbons (Fsp3) is 0.105. The minimum Gasteiger partial charge on any atom is -0.478 e. The van der Waals surface area contributed by atoms with Crippen molar-refractivity contribution in [1.29, 1.82) is 0 Å². The molecule has 2 aromatic rings. The standard InChI is InChI=1S/C19H12O8/c1-8(20)26-13-5-3-4-11-15(13)18(23)16-12(17(11)22)6-10(19(24)25)7-14(16)27-9(2)21/h3-7H,1-2H3,(H,24,25)/i1D3,2D3. The van der Waals surface area contributed by atoms with Crippen LogP contribution < -0.4 is 9.47 Å². The summed E-state index contributed by atoms with van der Waals surface area (Å²) in [4.78, 5) is 61.5. The molecule has 27 heavy (non-hydrogen) atoms. The van der Waals surface area contributed by atoms with E-state index in [9.17, 15) is 29.1 Å². The number of carboxylic acids is 1. The first kappa shape index (κ1) is 11.7. The van der Waals surface area contributed by atoms with Gasteiger partial charge in [-0.2, -0.15) is 0 Å². The van der Waals surface area contributed by atoms with Crippen molar-refractivity contribution in [2.75, 3.05) is 0 Å². The van der Waals surface area contributed by atoms with E-state index in [-0.39, 0.29) is 5.56 Å².